The summed E-state index contributed by atoms with van der Waals surface area (Å²) in [7, 11) is 0. The minimum atomic E-state index is 0.925. The van der Waals surface area contributed by atoms with Gasteiger partial charge in [-0.25, -0.2) is 0 Å². The lowest BCUT2D eigenvalue weighted by Crippen LogP contribution is -1.93. The molecule has 0 amide bonds. The Labute approximate surface area is 116 Å². The molecule has 0 rings (SSSR count). The summed E-state index contributed by atoms with van der Waals surface area (Å²) >= 11 is 0. The van der Waals surface area contributed by atoms with Gasteiger partial charge in [0.1, 0.15) is 0 Å². The van der Waals surface area contributed by atoms with Gasteiger partial charge in [0.2, 0.25) is 0 Å². The standard InChI is InChI=1S/C18H34/c1-5-8-10-15-18(7-3)16-12-9-11-14-17(4)13-6-2/h10,15-17H,5-9,11-14H2,1-4H3. The van der Waals surface area contributed by atoms with E-state index in [2.05, 4.69) is 45.9 Å². The summed E-state index contributed by atoms with van der Waals surface area (Å²) in [5.74, 6) is 0.925. The van der Waals surface area contributed by atoms with Gasteiger partial charge in [-0.2, -0.15) is 0 Å². The molecule has 0 heteroatoms. The molecule has 0 bridgehead atoms. The lowest BCUT2D eigenvalue weighted by molar-refractivity contribution is 0.462. The number of unbranched alkanes of at least 4 members (excludes halogenated alkanes) is 3. The second-order valence-corrected chi connectivity index (χ2v) is 5.50. The van der Waals surface area contributed by atoms with Crippen molar-refractivity contribution in [1.82, 2.24) is 0 Å². The molecule has 0 aromatic carbocycles. The average molecular weight is 250 g/mol. The number of rotatable bonds is 11. The summed E-state index contributed by atoms with van der Waals surface area (Å²) in [4.78, 5) is 0. The van der Waals surface area contributed by atoms with Crippen LogP contribution in [0.25, 0.3) is 0 Å². The first-order valence-corrected chi connectivity index (χ1v) is 8.10. The third-order valence-corrected chi connectivity index (χ3v) is 3.53. The van der Waals surface area contributed by atoms with Gasteiger partial charge in [-0.1, -0.05) is 83.6 Å². The van der Waals surface area contributed by atoms with Crippen molar-refractivity contribution in [2.75, 3.05) is 0 Å². The molecule has 1 unspecified atom stereocenters. The van der Waals surface area contributed by atoms with Crippen LogP contribution in [-0.2, 0) is 0 Å². The summed E-state index contributed by atoms with van der Waals surface area (Å²) in [5.41, 5.74) is 1.52. The van der Waals surface area contributed by atoms with Crippen LogP contribution >= 0.6 is 0 Å². The summed E-state index contributed by atoms with van der Waals surface area (Å²) in [6.45, 7) is 9.17. The van der Waals surface area contributed by atoms with Crippen molar-refractivity contribution in [1.29, 1.82) is 0 Å². The molecule has 0 aliphatic heterocycles. The molecule has 0 saturated heterocycles. The molecule has 0 nitrogen and oxygen atoms in total. The monoisotopic (exact) mass is 250 g/mol. The Morgan fingerprint density at radius 1 is 0.944 bits per heavy atom. The number of hydrogen-bond donors (Lipinski definition) is 0. The van der Waals surface area contributed by atoms with Crippen LogP contribution in [0.1, 0.15) is 85.5 Å². The molecular formula is C18H34. The zero-order chi connectivity index (χ0) is 13.6. The Hall–Kier alpha value is -0.520. The van der Waals surface area contributed by atoms with Crippen LogP contribution in [0.4, 0.5) is 0 Å². The third-order valence-electron chi connectivity index (χ3n) is 3.53. The van der Waals surface area contributed by atoms with Gasteiger partial charge in [0.25, 0.3) is 0 Å². The fourth-order valence-corrected chi connectivity index (χ4v) is 2.29. The van der Waals surface area contributed by atoms with Crippen LogP contribution in [0, 0.1) is 5.92 Å². The summed E-state index contributed by atoms with van der Waals surface area (Å²) in [5, 5.41) is 0. The van der Waals surface area contributed by atoms with E-state index in [-0.39, 0.29) is 0 Å². The Morgan fingerprint density at radius 3 is 2.33 bits per heavy atom. The Morgan fingerprint density at radius 2 is 1.72 bits per heavy atom. The maximum atomic E-state index is 2.44. The number of hydrogen-bond acceptors (Lipinski definition) is 0. The predicted octanol–water partition coefficient (Wildman–Crippen LogP) is 6.68. The van der Waals surface area contributed by atoms with Gasteiger partial charge in [0, 0.05) is 0 Å². The fourth-order valence-electron chi connectivity index (χ4n) is 2.29. The molecule has 0 radical (unpaired) electrons. The van der Waals surface area contributed by atoms with Gasteiger partial charge < -0.3 is 0 Å². The minimum absolute atomic E-state index is 0.925. The van der Waals surface area contributed by atoms with E-state index in [1.165, 1.54) is 63.4 Å². The van der Waals surface area contributed by atoms with Crippen LogP contribution in [0.3, 0.4) is 0 Å². The second-order valence-electron chi connectivity index (χ2n) is 5.50. The predicted molar refractivity (Wildman–Crippen MR) is 85.0 cm³/mol. The Balaban J connectivity index is 3.70. The van der Waals surface area contributed by atoms with Crippen molar-refractivity contribution in [3.63, 3.8) is 0 Å². The first kappa shape index (κ1) is 17.5. The summed E-state index contributed by atoms with van der Waals surface area (Å²) < 4.78 is 0. The van der Waals surface area contributed by atoms with E-state index in [9.17, 15) is 0 Å². The SMILES string of the molecule is CCCC=CC(=CCCCCC(C)CCC)CC. The van der Waals surface area contributed by atoms with Gasteiger partial charge in [-0.15, -0.1) is 0 Å². The summed E-state index contributed by atoms with van der Waals surface area (Å²) in [6.07, 6.45) is 18.9. The largest absolute Gasteiger partial charge is 0.0843 e. The highest BCUT2D eigenvalue weighted by Gasteiger charge is 1.99. The van der Waals surface area contributed by atoms with Crippen LogP contribution in [-0.4, -0.2) is 0 Å². The molecule has 0 aromatic rings. The maximum absolute atomic E-state index is 2.44. The average Bonchev–Trinajstić information content (AvgIpc) is 2.36. The Kier molecular flexibility index (Phi) is 12.6. The highest BCUT2D eigenvalue weighted by molar-refractivity contribution is 5.17. The molecule has 0 spiro atoms. The maximum Gasteiger partial charge on any atom is -0.0311 e. The zero-order valence-electron chi connectivity index (χ0n) is 13.2. The molecule has 0 heterocycles. The molecule has 106 valence electrons. The Bertz CT molecular complexity index is 222. The zero-order valence-corrected chi connectivity index (χ0v) is 13.2. The van der Waals surface area contributed by atoms with Gasteiger partial charge in [0.05, 0.1) is 0 Å². The van der Waals surface area contributed by atoms with E-state index in [1.807, 2.05) is 0 Å². The van der Waals surface area contributed by atoms with Crippen LogP contribution in [0.15, 0.2) is 23.8 Å². The highest BCUT2D eigenvalue weighted by Crippen LogP contribution is 2.15. The van der Waals surface area contributed by atoms with Crippen LogP contribution in [0.2, 0.25) is 0 Å². The normalized spacial score (nSPS) is 14.3. The fraction of sp³-hybridized carbons (Fsp3) is 0.778. The van der Waals surface area contributed by atoms with Gasteiger partial charge in [-0.3, -0.25) is 0 Å². The van der Waals surface area contributed by atoms with Crippen molar-refractivity contribution in [2.45, 2.75) is 85.5 Å². The number of allylic oxidation sites excluding steroid dienone is 4. The van der Waals surface area contributed by atoms with E-state index < -0.39 is 0 Å². The molecule has 0 N–H and O–H groups in total. The molecule has 1 atom stereocenters. The quantitative estimate of drug-likeness (QED) is 0.283. The van der Waals surface area contributed by atoms with E-state index in [4.69, 9.17) is 0 Å². The van der Waals surface area contributed by atoms with Crippen molar-refractivity contribution in [2.24, 2.45) is 5.92 Å². The van der Waals surface area contributed by atoms with Crippen molar-refractivity contribution < 1.29 is 0 Å². The van der Waals surface area contributed by atoms with Gasteiger partial charge in [0.15, 0.2) is 0 Å². The molecule has 0 aliphatic rings. The second kappa shape index (κ2) is 12.9. The summed E-state index contributed by atoms with van der Waals surface area (Å²) in [6, 6.07) is 0. The topological polar surface area (TPSA) is 0 Å². The van der Waals surface area contributed by atoms with E-state index in [1.54, 1.807) is 0 Å². The van der Waals surface area contributed by atoms with Crippen molar-refractivity contribution in [3.8, 4) is 0 Å². The van der Waals surface area contributed by atoms with E-state index in [0.29, 0.717) is 0 Å². The molecule has 0 aromatic heterocycles. The van der Waals surface area contributed by atoms with Crippen molar-refractivity contribution >= 4 is 0 Å². The molecule has 0 saturated carbocycles. The van der Waals surface area contributed by atoms with Gasteiger partial charge in [-0.05, 0) is 31.6 Å². The van der Waals surface area contributed by atoms with Crippen molar-refractivity contribution in [3.05, 3.63) is 23.8 Å². The lowest BCUT2D eigenvalue weighted by Gasteiger charge is -2.08. The van der Waals surface area contributed by atoms with Crippen LogP contribution < -0.4 is 0 Å². The minimum Gasteiger partial charge on any atom is -0.0843 e. The van der Waals surface area contributed by atoms with Crippen LogP contribution in [0.5, 0.6) is 0 Å². The molecule has 0 fully saturated rings. The highest BCUT2D eigenvalue weighted by atomic mass is 14.1. The van der Waals surface area contributed by atoms with E-state index >= 15 is 0 Å². The van der Waals surface area contributed by atoms with E-state index in [0.717, 1.165) is 5.92 Å². The third kappa shape index (κ3) is 10.6. The first-order chi connectivity index (χ1) is 8.74. The first-order valence-electron chi connectivity index (χ1n) is 8.10. The van der Waals surface area contributed by atoms with Gasteiger partial charge >= 0.3 is 0 Å². The molecular weight excluding hydrogens is 216 g/mol. The lowest BCUT2D eigenvalue weighted by atomic mass is 9.98. The molecule has 0 aliphatic carbocycles. The molecule has 18 heavy (non-hydrogen) atoms. The smallest absolute Gasteiger partial charge is 0.0311 e.